The molecule has 0 spiro atoms. The van der Waals surface area contributed by atoms with Crippen LogP contribution in [-0.4, -0.2) is 20.9 Å². The normalized spacial score (nSPS) is 10.9. The summed E-state index contributed by atoms with van der Waals surface area (Å²) in [6.07, 6.45) is 0.993. The lowest BCUT2D eigenvalue weighted by atomic mass is 10.1. The second kappa shape index (κ2) is 6.20. The van der Waals surface area contributed by atoms with E-state index in [4.69, 9.17) is 0 Å². The molecule has 0 aliphatic carbocycles. The second-order valence-corrected chi connectivity index (χ2v) is 5.85. The van der Waals surface area contributed by atoms with Crippen LogP contribution in [0.1, 0.15) is 34.8 Å². The molecule has 0 bridgehead atoms. The number of nitrogens with one attached hydrogen (secondary N) is 1. The zero-order valence-electron chi connectivity index (χ0n) is 13.6. The maximum Gasteiger partial charge on any atom is 0.255 e. The molecule has 1 heterocycles. The van der Waals surface area contributed by atoms with Crippen molar-refractivity contribution in [2.75, 3.05) is 5.32 Å². The molecule has 0 saturated carbocycles. The molecule has 2 aromatic carbocycles. The van der Waals surface area contributed by atoms with Gasteiger partial charge in [-0.2, -0.15) is 0 Å². The predicted molar refractivity (Wildman–Crippen MR) is 91.7 cm³/mol. The Morgan fingerprint density at radius 1 is 1.13 bits per heavy atom. The number of amides is 1. The van der Waals surface area contributed by atoms with Crippen molar-refractivity contribution < 1.29 is 4.79 Å². The summed E-state index contributed by atoms with van der Waals surface area (Å²) in [7, 11) is 0. The molecule has 1 N–H and O–H groups in total. The van der Waals surface area contributed by atoms with E-state index in [0.29, 0.717) is 5.56 Å². The molecule has 0 aliphatic heterocycles. The molecule has 0 unspecified atom stereocenters. The number of hydrogen-bond donors (Lipinski definition) is 1. The quantitative estimate of drug-likeness (QED) is 0.799. The summed E-state index contributed by atoms with van der Waals surface area (Å²) < 4.78 is 1.86. The number of aromatic nitrogens is 3. The highest BCUT2D eigenvalue weighted by molar-refractivity contribution is 6.05. The number of hydrogen-bond acceptors (Lipinski definition) is 3. The first kappa shape index (κ1) is 15.2. The van der Waals surface area contributed by atoms with Crippen molar-refractivity contribution in [1.82, 2.24) is 15.0 Å². The zero-order valence-corrected chi connectivity index (χ0v) is 13.6. The third-order valence-corrected chi connectivity index (χ3v) is 3.69. The Morgan fingerprint density at radius 2 is 1.87 bits per heavy atom. The molecule has 23 heavy (non-hydrogen) atoms. The Balaban J connectivity index is 1.86. The van der Waals surface area contributed by atoms with Gasteiger partial charge in [0.25, 0.3) is 5.91 Å². The fourth-order valence-electron chi connectivity index (χ4n) is 2.74. The van der Waals surface area contributed by atoms with E-state index in [-0.39, 0.29) is 5.91 Å². The van der Waals surface area contributed by atoms with Gasteiger partial charge >= 0.3 is 0 Å². The SMILES string of the molecule is CCCn1nnc2cc(C(=O)Nc3cc(C)cc(C)c3)ccc21. The topological polar surface area (TPSA) is 59.8 Å². The van der Waals surface area contributed by atoms with Gasteiger partial charge in [0.05, 0.1) is 5.52 Å². The highest BCUT2D eigenvalue weighted by atomic mass is 16.1. The molecule has 5 nitrogen and oxygen atoms in total. The Labute approximate surface area is 135 Å². The molecular formula is C18H20N4O. The molecule has 3 rings (SSSR count). The Bertz CT molecular complexity index is 846. The van der Waals surface area contributed by atoms with Crippen molar-refractivity contribution in [3.8, 4) is 0 Å². The smallest absolute Gasteiger partial charge is 0.255 e. The van der Waals surface area contributed by atoms with Gasteiger partial charge in [-0.15, -0.1) is 5.10 Å². The van der Waals surface area contributed by atoms with E-state index in [1.165, 1.54) is 0 Å². The third-order valence-electron chi connectivity index (χ3n) is 3.69. The monoisotopic (exact) mass is 308 g/mol. The minimum absolute atomic E-state index is 0.137. The molecule has 0 atom stereocenters. The van der Waals surface area contributed by atoms with Gasteiger partial charge in [-0.3, -0.25) is 4.79 Å². The van der Waals surface area contributed by atoms with Crippen LogP contribution in [0.15, 0.2) is 36.4 Å². The minimum atomic E-state index is -0.137. The number of fused-ring (bicyclic) bond motifs is 1. The predicted octanol–water partition coefficient (Wildman–Crippen LogP) is 3.71. The molecule has 3 aromatic rings. The maximum atomic E-state index is 12.4. The number of benzene rings is 2. The highest BCUT2D eigenvalue weighted by Crippen LogP contribution is 2.17. The summed E-state index contributed by atoms with van der Waals surface area (Å²) in [6.45, 7) is 6.95. The van der Waals surface area contributed by atoms with Crippen molar-refractivity contribution in [1.29, 1.82) is 0 Å². The largest absolute Gasteiger partial charge is 0.322 e. The third kappa shape index (κ3) is 3.23. The first-order valence-electron chi connectivity index (χ1n) is 7.79. The maximum absolute atomic E-state index is 12.4. The lowest BCUT2D eigenvalue weighted by Gasteiger charge is -2.08. The van der Waals surface area contributed by atoms with Crippen molar-refractivity contribution in [3.63, 3.8) is 0 Å². The molecule has 0 aliphatic rings. The van der Waals surface area contributed by atoms with E-state index in [0.717, 1.165) is 40.8 Å². The fraction of sp³-hybridized carbons (Fsp3) is 0.278. The summed E-state index contributed by atoms with van der Waals surface area (Å²) in [5.41, 5.74) is 5.33. The lowest BCUT2D eigenvalue weighted by Crippen LogP contribution is -2.12. The number of aryl methyl sites for hydroxylation is 3. The van der Waals surface area contributed by atoms with Crippen LogP contribution in [0.5, 0.6) is 0 Å². The van der Waals surface area contributed by atoms with E-state index in [9.17, 15) is 4.79 Å². The van der Waals surface area contributed by atoms with E-state index < -0.39 is 0 Å². The van der Waals surface area contributed by atoms with E-state index in [1.807, 2.05) is 42.8 Å². The first-order valence-corrected chi connectivity index (χ1v) is 7.79. The first-order chi connectivity index (χ1) is 11.1. The van der Waals surface area contributed by atoms with Crippen molar-refractivity contribution >= 4 is 22.6 Å². The minimum Gasteiger partial charge on any atom is -0.322 e. The standard InChI is InChI=1S/C18H20N4O/c1-4-7-22-17-6-5-14(11-16(17)20-21-22)18(23)19-15-9-12(2)8-13(3)10-15/h5-6,8-11H,4,7H2,1-3H3,(H,19,23). The summed E-state index contributed by atoms with van der Waals surface area (Å²) >= 11 is 0. The van der Waals surface area contributed by atoms with Crippen LogP contribution in [0.2, 0.25) is 0 Å². The fourth-order valence-corrected chi connectivity index (χ4v) is 2.74. The Kier molecular flexibility index (Phi) is 4.10. The Morgan fingerprint density at radius 3 is 2.57 bits per heavy atom. The summed E-state index contributed by atoms with van der Waals surface area (Å²) in [6, 6.07) is 11.5. The van der Waals surface area contributed by atoms with E-state index in [2.05, 4.69) is 28.6 Å². The van der Waals surface area contributed by atoms with Crippen molar-refractivity contribution in [3.05, 3.63) is 53.1 Å². The molecule has 0 saturated heterocycles. The molecular weight excluding hydrogens is 288 g/mol. The highest BCUT2D eigenvalue weighted by Gasteiger charge is 2.10. The number of anilines is 1. The summed E-state index contributed by atoms with van der Waals surface area (Å²) in [4.78, 5) is 12.4. The van der Waals surface area contributed by atoms with Gasteiger partial charge in [0, 0.05) is 17.8 Å². The molecule has 1 aromatic heterocycles. The van der Waals surface area contributed by atoms with Crippen molar-refractivity contribution in [2.24, 2.45) is 0 Å². The van der Waals surface area contributed by atoms with Crippen molar-refractivity contribution in [2.45, 2.75) is 33.7 Å². The molecule has 0 fully saturated rings. The average molecular weight is 308 g/mol. The van der Waals surface area contributed by atoms with E-state index in [1.54, 1.807) is 6.07 Å². The molecule has 5 heteroatoms. The lowest BCUT2D eigenvalue weighted by molar-refractivity contribution is 0.102. The van der Waals surface area contributed by atoms with Crippen LogP contribution >= 0.6 is 0 Å². The second-order valence-electron chi connectivity index (χ2n) is 5.85. The van der Waals surface area contributed by atoms with Gasteiger partial charge in [0.15, 0.2) is 0 Å². The van der Waals surface area contributed by atoms with Crippen LogP contribution < -0.4 is 5.32 Å². The van der Waals surface area contributed by atoms with Gasteiger partial charge in [-0.1, -0.05) is 18.2 Å². The summed E-state index contributed by atoms with van der Waals surface area (Å²) in [5, 5.41) is 11.2. The number of carbonyl (C=O) groups excluding carboxylic acids is 1. The average Bonchev–Trinajstić information content (AvgIpc) is 2.89. The van der Waals surface area contributed by atoms with E-state index >= 15 is 0 Å². The molecule has 0 radical (unpaired) electrons. The van der Waals surface area contributed by atoms with Gasteiger partial charge < -0.3 is 5.32 Å². The van der Waals surface area contributed by atoms with Gasteiger partial charge in [-0.25, -0.2) is 4.68 Å². The van der Waals surface area contributed by atoms with Crippen LogP contribution in [0.25, 0.3) is 11.0 Å². The van der Waals surface area contributed by atoms with Crippen LogP contribution in [0.4, 0.5) is 5.69 Å². The van der Waals surface area contributed by atoms with Gasteiger partial charge in [0.2, 0.25) is 0 Å². The summed E-state index contributed by atoms with van der Waals surface area (Å²) in [5.74, 6) is -0.137. The Hall–Kier alpha value is -2.69. The van der Waals surface area contributed by atoms with Crippen LogP contribution in [0.3, 0.4) is 0 Å². The van der Waals surface area contributed by atoms with Gasteiger partial charge in [-0.05, 0) is 61.7 Å². The van der Waals surface area contributed by atoms with Crippen LogP contribution in [0, 0.1) is 13.8 Å². The van der Waals surface area contributed by atoms with Gasteiger partial charge in [0.1, 0.15) is 5.52 Å². The molecule has 1 amide bonds. The number of carbonyl (C=O) groups is 1. The molecule has 118 valence electrons. The number of rotatable bonds is 4. The van der Waals surface area contributed by atoms with Crippen LogP contribution in [-0.2, 0) is 6.54 Å². The number of nitrogens with zero attached hydrogens (tertiary/aromatic N) is 3. The zero-order chi connectivity index (χ0) is 16.4.